The minimum Gasteiger partial charge on any atom is -0.396 e. The first-order valence-electron chi connectivity index (χ1n) is 5.19. The Bertz CT molecular complexity index is 517. The van der Waals surface area contributed by atoms with Gasteiger partial charge in [-0.1, -0.05) is 23.2 Å². The molecule has 1 aromatic heterocycles. The number of nitrogens with one attached hydrogen (secondary N) is 1. The molecule has 1 aromatic carbocycles. The highest BCUT2D eigenvalue weighted by molar-refractivity contribution is 7.00. The Balaban J connectivity index is 2.23. The van der Waals surface area contributed by atoms with E-state index in [0.717, 1.165) is 36.8 Å². The van der Waals surface area contributed by atoms with E-state index >= 15 is 0 Å². The summed E-state index contributed by atoms with van der Waals surface area (Å²) in [7, 11) is 0. The number of unbranched alkanes of at least 4 members (excludes halogenated alkanes) is 1. The lowest BCUT2D eigenvalue weighted by molar-refractivity contribution is 0.286. The van der Waals surface area contributed by atoms with Crippen molar-refractivity contribution in [3.05, 3.63) is 16.1 Å². The van der Waals surface area contributed by atoms with Crippen LogP contribution in [0, 0.1) is 0 Å². The normalized spacial score (nSPS) is 11.0. The summed E-state index contributed by atoms with van der Waals surface area (Å²) in [5.74, 6) is 0. The number of rotatable bonds is 5. The highest BCUT2D eigenvalue weighted by Gasteiger charge is 2.13. The van der Waals surface area contributed by atoms with Gasteiger partial charge >= 0.3 is 0 Å². The lowest BCUT2D eigenvalue weighted by atomic mass is 10.2. The van der Waals surface area contributed by atoms with Gasteiger partial charge in [-0.3, -0.25) is 0 Å². The average molecular weight is 292 g/mol. The molecule has 0 aliphatic heterocycles. The Morgan fingerprint density at radius 2 is 1.94 bits per heavy atom. The second-order valence-electron chi connectivity index (χ2n) is 3.53. The maximum absolute atomic E-state index is 8.70. The van der Waals surface area contributed by atoms with Crippen molar-refractivity contribution in [2.75, 3.05) is 18.5 Å². The first-order valence-corrected chi connectivity index (χ1v) is 6.67. The second kappa shape index (κ2) is 5.82. The number of aliphatic hydroxyl groups is 1. The largest absolute Gasteiger partial charge is 0.396 e. The Kier molecular flexibility index (Phi) is 4.39. The van der Waals surface area contributed by atoms with Crippen LogP contribution in [0.1, 0.15) is 12.8 Å². The van der Waals surface area contributed by atoms with Gasteiger partial charge in [-0.2, -0.15) is 8.75 Å². The van der Waals surface area contributed by atoms with Gasteiger partial charge in [0.1, 0.15) is 11.0 Å². The van der Waals surface area contributed by atoms with E-state index in [2.05, 4.69) is 14.1 Å². The van der Waals surface area contributed by atoms with Crippen LogP contribution in [0.4, 0.5) is 5.69 Å². The molecule has 0 radical (unpaired) electrons. The van der Waals surface area contributed by atoms with E-state index in [1.165, 1.54) is 0 Å². The predicted molar refractivity (Wildman–Crippen MR) is 72.2 cm³/mol. The molecule has 0 aliphatic rings. The molecular weight excluding hydrogens is 281 g/mol. The van der Waals surface area contributed by atoms with Crippen LogP contribution in [-0.2, 0) is 0 Å². The molecule has 17 heavy (non-hydrogen) atoms. The molecular formula is C10H11Cl2N3OS. The molecule has 92 valence electrons. The number of hydrogen-bond donors (Lipinski definition) is 2. The van der Waals surface area contributed by atoms with Crippen LogP contribution in [0.3, 0.4) is 0 Å². The SMILES string of the molecule is OCCCCNc1c(Cl)cc(Cl)c2nsnc12. The van der Waals surface area contributed by atoms with Crippen molar-refractivity contribution in [3.63, 3.8) is 0 Å². The molecule has 2 N–H and O–H groups in total. The standard InChI is InChI=1S/C10H11Cl2N3OS/c11-6-5-7(12)9-10(15-17-14-9)8(6)13-3-1-2-4-16/h5,13,16H,1-4H2. The third-order valence-electron chi connectivity index (χ3n) is 2.33. The molecule has 4 nitrogen and oxygen atoms in total. The Hall–Kier alpha value is -0.620. The van der Waals surface area contributed by atoms with Gasteiger partial charge in [0.05, 0.1) is 27.5 Å². The maximum Gasteiger partial charge on any atom is 0.130 e. The van der Waals surface area contributed by atoms with Crippen LogP contribution in [0.15, 0.2) is 6.07 Å². The quantitative estimate of drug-likeness (QED) is 0.831. The van der Waals surface area contributed by atoms with Gasteiger partial charge in [-0.15, -0.1) is 0 Å². The topological polar surface area (TPSA) is 58.0 Å². The van der Waals surface area contributed by atoms with Gasteiger partial charge in [0.15, 0.2) is 0 Å². The van der Waals surface area contributed by atoms with Crippen molar-refractivity contribution >= 4 is 51.7 Å². The van der Waals surface area contributed by atoms with Crippen molar-refractivity contribution < 1.29 is 5.11 Å². The monoisotopic (exact) mass is 291 g/mol. The van der Waals surface area contributed by atoms with Gasteiger partial charge in [0.25, 0.3) is 0 Å². The van der Waals surface area contributed by atoms with Crippen molar-refractivity contribution in [1.29, 1.82) is 0 Å². The zero-order chi connectivity index (χ0) is 12.3. The summed E-state index contributed by atoms with van der Waals surface area (Å²) in [6.45, 7) is 0.929. The fourth-order valence-corrected chi connectivity index (χ4v) is 2.67. The fraction of sp³-hybridized carbons (Fsp3) is 0.400. The van der Waals surface area contributed by atoms with E-state index in [1.807, 2.05) is 0 Å². The number of nitrogens with zero attached hydrogens (tertiary/aromatic N) is 2. The molecule has 2 aromatic rings. The highest BCUT2D eigenvalue weighted by Crippen LogP contribution is 2.35. The van der Waals surface area contributed by atoms with E-state index in [4.69, 9.17) is 28.3 Å². The Morgan fingerprint density at radius 1 is 1.18 bits per heavy atom. The molecule has 7 heteroatoms. The lowest BCUT2D eigenvalue weighted by Crippen LogP contribution is -2.03. The van der Waals surface area contributed by atoms with Crippen LogP contribution in [0.5, 0.6) is 0 Å². The third kappa shape index (κ3) is 2.80. The number of anilines is 1. The van der Waals surface area contributed by atoms with Crippen LogP contribution >= 0.6 is 34.9 Å². The smallest absolute Gasteiger partial charge is 0.130 e. The molecule has 0 unspecified atom stereocenters. The number of benzene rings is 1. The van der Waals surface area contributed by atoms with Gasteiger partial charge in [-0.25, -0.2) is 0 Å². The summed E-state index contributed by atoms with van der Waals surface area (Å²) in [5, 5.41) is 13.0. The predicted octanol–water partition coefficient (Wildman–Crippen LogP) is 3.18. The number of aromatic nitrogens is 2. The van der Waals surface area contributed by atoms with E-state index < -0.39 is 0 Å². The van der Waals surface area contributed by atoms with Gasteiger partial charge in [0, 0.05) is 13.2 Å². The number of fused-ring (bicyclic) bond motifs is 1. The number of halogens is 2. The second-order valence-corrected chi connectivity index (χ2v) is 4.88. The maximum atomic E-state index is 8.70. The van der Waals surface area contributed by atoms with Crippen LogP contribution < -0.4 is 5.32 Å². The molecule has 0 saturated heterocycles. The zero-order valence-electron chi connectivity index (χ0n) is 8.91. The van der Waals surface area contributed by atoms with Gasteiger partial charge < -0.3 is 10.4 Å². The molecule has 0 aliphatic carbocycles. The molecule has 0 amide bonds. The summed E-state index contributed by atoms with van der Waals surface area (Å²) >= 11 is 13.2. The summed E-state index contributed by atoms with van der Waals surface area (Å²) in [4.78, 5) is 0. The van der Waals surface area contributed by atoms with Crippen molar-refractivity contribution in [1.82, 2.24) is 8.75 Å². The van der Waals surface area contributed by atoms with Crippen LogP contribution in [-0.4, -0.2) is 27.0 Å². The Morgan fingerprint density at radius 3 is 2.71 bits per heavy atom. The van der Waals surface area contributed by atoms with Crippen molar-refractivity contribution in [3.8, 4) is 0 Å². The molecule has 0 saturated carbocycles. The first kappa shape index (κ1) is 12.8. The molecule has 0 spiro atoms. The van der Waals surface area contributed by atoms with E-state index in [1.54, 1.807) is 6.07 Å². The van der Waals surface area contributed by atoms with Crippen LogP contribution in [0.25, 0.3) is 11.0 Å². The number of hydrogen-bond acceptors (Lipinski definition) is 5. The van der Waals surface area contributed by atoms with E-state index in [9.17, 15) is 0 Å². The molecule has 0 atom stereocenters. The van der Waals surface area contributed by atoms with Gasteiger partial charge in [-0.05, 0) is 18.9 Å². The van der Waals surface area contributed by atoms with E-state index in [0.29, 0.717) is 21.1 Å². The van der Waals surface area contributed by atoms with E-state index in [-0.39, 0.29) is 6.61 Å². The Labute approximate surface area is 113 Å². The minimum absolute atomic E-state index is 0.198. The minimum atomic E-state index is 0.198. The molecule has 1 heterocycles. The molecule has 0 fully saturated rings. The van der Waals surface area contributed by atoms with Crippen molar-refractivity contribution in [2.24, 2.45) is 0 Å². The third-order valence-corrected chi connectivity index (χ3v) is 3.45. The van der Waals surface area contributed by atoms with Crippen molar-refractivity contribution in [2.45, 2.75) is 12.8 Å². The summed E-state index contributed by atoms with van der Waals surface area (Å²) in [5.41, 5.74) is 2.14. The summed E-state index contributed by atoms with van der Waals surface area (Å²) in [6, 6.07) is 1.67. The summed E-state index contributed by atoms with van der Waals surface area (Å²) < 4.78 is 8.31. The first-order chi connectivity index (χ1) is 8.24. The van der Waals surface area contributed by atoms with Crippen LogP contribution in [0.2, 0.25) is 10.0 Å². The zero-order valence-corrected chi connectivity index (χ0v) is 11.2. The average Bonchev–Trinajstić information content (AvgIpc) is 2.77. The summed E-state index contributed by atoms with van der Waals surface area (Å²) in [6.07, 6.45) is 1.63. The fourth-order valence-electron chi connectivity index (χ4n) is 1.49. The number of aliphatic hydroxyl groups excluding tert-OH is 1. The van der Waals surface area contributed by atoms with Gasteiger partial charge in [0.2, 0.25) is 0 Å². The molecule has 2 rings (SSSR count). The lowest BCUT2D eigenvalue weighted by Gasteiger charge is -2.08. The molecule has 0 bridgehead atoms. The highest BCUT2D eigenvalue weighted by atomic mass is 35.5.